The monoisotopic (exact) mass is 1060 g/mol. The van der Waals surface area contributed by atoms with Gasteiger partial charge < -0.3 is 5.11 Å². The molecular formula is C61H58N3OPt-. The summed E-state index contributed by atoms with van der Waals surface area (Å²) in [4.78, 5) is 10.1. The Morgan fingerprint density at radius 1 is 0.561 bits per heavy atom. The van der Waals surface area contributed by atoms with Crippen LogP contribution in [0.15, 0.2) is 164 Å². The summed E-state index contributed by atoms with van der Waals surface area (Å²) < 4.78 is 139. The molecule has 0 unspecified atom stereocenters. The van der Waals surface area contributed by atoms with Crippen molar-refractivity contribution in [3.05, 3.63) is 192 Å². The van der Waals surface area contributed by atoms with E-state index in [2.05, 4.69) is 31.8 Å². The molecule has 2 aromatic heterocycles. The molecule has 0 radical (unpaired) electrons. The Balaban J connectivity index is 0.00000880. The topological polar surface area (TPSA) is 50.9 Å². The zero-order chi connectivity index (χ0) is 59.3. The molecule has 0 bridgehead atoms. The third-order valence-electron chi connectivity index (χ3n) is 11.7. The zero-order valence-corrected chi connectivity index (χ0v) is 39.7. The molecule has 0 saturated carbocycles. The predicted octanol–water partition coefficient (Wildman–Crippen LogP) is 16.1. The summed E-state index contributed by atoms with van der Waals surface area (Å²) in [7, 11) is 0. The van der Waals surface area contributed by atoms with Crippen LogP contribution in [0.3, 0.4) is 0 Å². The Morgan fingerprint density at radius 2 is 1.23 bits per heavy atom. The number of fused-ring (bicyclic) bond motifs is 1. The SMILES string of the molecule is [2H]c1c([2H])c(C(C([2H])([2H])[2H])(C([2H])([2H])[2H])C([2H])([2H])[2H])c([2H])c([2H])c1-c1ccnc(-c2[c-]c(-c3cccc4c3nc(-c3ccccc3O)n4-c3cc(-c4ccccc4)c(C([2H])([2H])[2H])cc3-c3ccc(C(C)(C)C)cc3)cc(C(C)(C)C)c2)c1.[Pt]. The second-order valence-electron chi connectivity index (χ2n) is 18.4. The maximum absolute atomic E-state index is 11.7. The number of hydrogen-bond donors (Lipinski definition) is 1. The minimum Gasteiger partial charge on any atom is -0.507 e. The number of hydrogen-bond acceptors (Lipinski definition) is 3. The number of benzene rings is 7. The standard InChI is InChI=1S/C61H58N3O.Pt/c1-39-33-52(42-25-29-47(30-26-42)60(5,6)7)55(38-51(39)41-17-12-11-13-18-41)64-54-21-16-20-49(57(54)63-58(64)50-19-14-15-22-56(50)65)44-34-45(36-48(35-44)61(8,9)10)53-37-43(31-32-62-53)40-23-27-46(28-24-40)59(2,3)4;/h11-33,35-38,65H,1-10H3;/q-1;/i1D3,2D3,3D3,4D3,23D,24D,27D,28D;. The van der Waals surface area contributed by atoms with Gasteiger partial charge in [-0.05, 0) is 104 Å². The average molecular weight is 1060 g/mol. The van der Waals surface area contributed by atoms with Crippen LogP contribution in [-0.4, -0.2) is 19.6 Å². The molecule has 0 saturated heterocycles. The fraction of sp³-hybridized carbons (Fsp3) is 0.213. The van der Waals surface area contributed by atoms with Crippen molar-refractivity contribution < 1.29 is 48.1 Å². The van der Waals surface area contributed by atoms with Crippen molar-refractivity contribution in [1.29, 1.82) is 0 Å². The van der Waals surface area contributed by atoms with E-state index in [1.807, 2.05) is 116 Å². The van der Waals surface area contributed by atoms with E-state index in [9.17, 15) is 5.11 Å². The number of aromatic hydroxyl groups is 1. The second kappa shape index (κ2) is 17.8. The summed E-state index contributed by atoms with van der Waals surface area (Å²) in [5.74, 6) is 0.302. The Hall–Kier alpha value is -6.35. The molecule has 0 aliphatic heterocycles. The number of phenols is 1. The molecule has 0 fully saturated rings. The van der Waals surface area contributed by atoms with Crippen molar-refractivity contribution in [2.24, 2.45) is 0 Å². The van der Waals surface area contributed by atoms with Crippen LogP contribution in [0.2, 0.25) is 0 Å². The molecule has 0 aliphatic carbocycles. The van der Waals surface area contributed by atoms with Crippen molar-refractivity contribution in [2.75, 3.05) is 0 Å². The quantitative estimate of drug-likeness (QED) is 0.162. The van der Waals surface area contributed by atoms with Gasteiger partial charge in [0.15, 0.2) is 0 Å². The number of aromatic nitrogens is 3. The van der Waals surface area contributed by atoms with Crippen LogP contribution in [0, 0.1) is 12.9 Å². The Kier molecular flexibility index (Phi) is 8.10. The van der Waals surface area contributed by atoms with Gasteiger partial charge in [0.2, 0.25) is 0 Å². The zero-order valence-electron chi connectivity index (χ0n) is 53.4. The Morgan fingerprint density at radius 3 is 1.91 bits per heavy atom. The summed E-state index contributed by atoms with van der Waals surface area (Å²) in [5.41, 5.74) is 2.51. The maximum Gasteiger partial charge on any atom is 0.148 e. The van der Waals surface area contributed by atoms with Gasteiger partial charge in [-0.2, -0.15) is 0 Å². The molecule has 4 nitrogen and oxygen atoms in total. The Labute approximate surface area is 428 Å². The van der Waals surface area contributed by atoms with Crippen LogP contribution < -0.4 is 0 Å². The number of imidazole rings is 1. The minimum atomic E-state index is -3.83. The summed E-state index contributed by atoms with van der Waals surface area (Å²) >= 11 is 0. The number of pyridine rings is 1. The largest absolute Gasteiger partial charge is 0.507 e. The van der Waals surface area contributed by atoms with E-state index in [0.717, 1.165) is 16.7 Å². The minimum absolute atomic E-state index is 0. The van der Waals surface area contributed by atoms with Crippen molar-refractivity contribution in [3.8, 4) is 78.6 Å². The van der Waals surface area contributed by atoms with Crippen LogP contribution in [0.5, 0.6) is 5.75 Å². The van der Waals surface area contributed by atoms with E-state index in [1.165, 1.54) is 18.3 Å². The van der Waals surface area contributed by atoms with Crippen molar-refractivity contribution in [3.63, 3.8) is 0 Å². The third-order valence-corrected chi connectivity index (χ3v) is 11.7. The molecule has 5 heteroatoms. The molecule has 9 aromatic rings. The molecule has 0 atom stereocenters. The smallest absolute Gasteiger partial charge is 0.148 e. The van der Waals surface area contributed by atoms with Gasteiger partial charge in [-0.15, -0.1) is 29.3 Å². The molecule has 0 aliphatic rings. The van der Waals surface area contributed by atoms with Crippen molar-refractivity contribution >= 4 is 11.0 Å². The van der Waals surface area contributed by atoms with E-state index < -0.39 is 68.0 Å². The van der Waals surface area contributed by atoms with E-state index in [1.54, 1.807) is 30.3 Å². The number of nitrogens with zero attached hydrogens (tertiary/aromatic N) is 3. The van der Waals surface area contributed by atoms with Crippen LogP contribution >= 0.6 is 0 Å². The molecule has 334 valence electrons. The molecule has 0 amide bonds. The summed E-state index contributed by atoms with van der Waals surface area (Å²) in [5, 5.41) is 11.7. The van der Waals surface area contributed by atoms with Gasteiger partial charge in [0, 0.05) is 55.0 Å². The fourth-order valence-electron chi connectivity index (χ4n) is 8.08. The normalized spacial score (nSPS) is 16.3. The fourth-order valence-corrected chi connectivity index (χ4v) is 8.08. The summed E-state index contributed by atoms with van der Waals surface area (Å²) in [6.07, 6.45) is 1.38. The van der Waals surface area contributed by atoms with Crippen LogP contribution in [0.1, 0.15) is 106 Å². The van der Waals surface area contributed by atoms with Crippen LogP contribution in [0.25, 0.3) is 83.9 Å². The van der Waals surface area contributed by atoms with E-state index in [0.29, 0.717) is 61.5 Å². The number of para-hydroxylation sites is 2. The summed E-state index contributed by atoms with van der Waals surface area (Å²) in [6.45, 7) is -1.60. The van der Waals surface area contributed by atoms with Gasteiger partial charge in [0.25, 0.3) is 0 Å². The first-order valence-corrected chi connectivity index (χ1v) is 21.4. The maximum atomic E-state index is 11.7. The molecule has 7 aromatic carbocycles. The first-order valence-electron chi connectivity index (χ1n) is 29.4. The van der Waals surface area contributed by atoms with Crippen LogP contribution in [0.4, 0.5) is 0 Å². The Bertz CT molecular complexity index is 3840. The van der Waals surface area contributed by atoms with Crippen LogP contribution in [-0.2, 0) is 37.3 Å². The van der Waals surface area contributed by atoms with Gasteiger partial charge >= 0.3 is 0 Å². The number of rotatable bonds is 7. The average Bonchev–Trinajstić information content (AvgIpc) is 2.52. The molecule has 66 heavy (non-hydrogen) atoms. The molecule has 1 N–H and O–H groups in total. The van der Waals surface area contributed by atoms with Gasteiger partial charge in [0.05, 0.1) is 27.8 Å². The second-order valence-corrected chi connectivity index (χ2v) is 18.4. The summed E-state index contributed by atoms with van der Waals surface area (Å²) in [6, 6.07) is 39.8. The molecule has 2 heterocycles. The first kappa shape index (κ1) is 30.0. The van der Waals surface area contributed by atoms with Crippen molar-refractivity contribution in [1.82, 2.24) is 14.5 Å². The van der Waals surface area contributed by atoms with Gasteiger partial charge in [-0.25, -0.2) is 4.98 Å². The number of phenolic OH excluding ortho intramolecular Hbond substituents is 1. The number of aryl methyl sites for hydroxylation is 1. The molecule has 0 spiro atoms. The third kappa shape index (κ3) is 9.09. The van der Waals surface area contributed by atoms with E-state index in [-0.39, 0.29) is 54.6 Å². The van der Waals surface area contributed by atoms with Gasteiger partial charge in [0.1, 0.15) is 11.6 Å². The van der Waals surface area contributed by atoms with E-state index in [4.69, 9.17) is 26.9 Å². The van der Waals surface area contributed by atoms with Crippen molar-refractivity contribution in [2.45, 2.75) is 85.2 Å². The first-order chi connectivity index (χ1) is 37.6. The van der Waals surface area contributed by atoms with Gasteiger partial charge in [-0.1, -0.05) is 182 Å². The molecular weight excluding hydrogens is 986 g/mol. The predicted molar refractivity (Wildman–Crippen MR) is 273 cm³/mol. The molecule has 9 rings (SSSR count). The van der Waals surface area contributed by atoms with Gasteiger partial charge in [-0.3, -0.25) is 9.55 Å². The van der Waals surface area contributed by atoms with E-state index >= 15 is 0 Å².